The SMILES string of the molecule is C=C1C(C)CC(C)(O)C(OC2OC(C)CC(N(C)C)C2O)C(C)C(OC2CC(C)(OC)C(O)C(C)O2)C(C)C(=O)OC(C)C(C)C(O)C1C. The zero-order chi connectivity index (χ0) is 37.3. The van der Waals surface area contributed by atoms with Crippen molar-refractivity contribution in [3.63, 3.8) is 0 Å². The predicted molar refractivity (Wildman–Crippen MR) is 184 cm³/mol. The van der Waals surface area contributed by atoms with Crippen molar-refractivity contribution >= 4 is 5.97 Å². The summed E-state index contributed by atoms with van der Waals surface area (Å²) in [6, 6.07) is -0.256. The number of nitrogens with zero attached hydrogens (tertiary/aromatic N) is 1. The molecular formula is C37H67NO11. The maximum atomic E-state index is 13.9. The fourth-order valence-corrected chi connectivity index (χ4v) is 8.08. The first-order chi connectivity index (χ1) is 22.6. The number of carbonyl (C=O) groups excluding carboxylic acids is 1. The monoisotopic (exact) mass is 701 g/mol. The Kier molecular flexibility index (Phi) is 14.3. The van der Waals surface area contributed by atoms with E-state index in [1.807, 2.05) is 53.6 Å². The van der Waals surface area contributed by atoms with Gasteiger partial charge in [0.2, 0.25) is 0 Å². The number of cyclic esters (lactones) is 1. The molecule has 3 saturated heterocycles. The zero-order valence-corrected chi connectivity index (χ0v) is 32.2. The second-order valence-corrected chi connectivity index (χ2v) is 16.1. The Balaban J connectivity index is 2.14. The van der Waals surface area contributed by atoms with Crippen molar-refractivity contribution in [1.29, 1.82) is 0 Å². The number of ether oxygens (including phenoxy) is 6. The Bertz CT molecular complexity index is 1100. The van der Waals surface area contributed by atoms with Crippen molar-refractivity contribution in [1.82, 2.24) is 4.90 Å². The van der Waals surface area contributed by atoms with E-state index < -0.39 is 90.2 Å². The number of likely N-dealkylation sites (N-methyl/N-ethyl adjacent to an activating group) is 1. The van der Waals surface area contributed by atoms with Crippen LogP contribution in [0.2, 0.25) is 0 Å². The lowest BCUT2D eigenvalue weighted by Crippen LogP contribution is -2.60. The third-order valence-corrected chi connectivity index (χ3v) is 11.8. The highest BCUT2D eigenvalue weighted by atomic mass is 16.7. The average molecular weight is 702 g/mol. The minimum atomic E-state index is -1.56. The van der Waals surface area contributed by atoms with Crippen molar-refractivity contribution < 1.29 is 53.6 Å². The lowest BCUT2D eigenvalue weighted by atomic mass is 9.74. The maximum Gasteiger partial charge on any atom is 0.311 e. The molecule has 3 fully saturated rings. The maximum absolute atomic E-state index is 13.9. The summed E-state index contributed by atoms with van der Waals surface area (Å²) in [6.07, 6.45) is -7.28. The molecule has 0 spiro atoms. The van der Waals surface area contributed by atoms with E-state index in [0.717, 1.165) is 5.57 Å². The van der Waals surface area contributed by atoms with E-state index in [1.165, 1.54) is 7.11 Å². The molecule has 0 aliphatic carbocycles. The number of carbonyl (C=O) groups is 1. The molecule has 12 heteroatoms. The molecular weight excluding hydrogens is 634 g/mol. The van der Waals surface area contributed by atoms with Crippen LogP contribution in [0.4, 0.5) is 0 Å². The second kappa shape index (κ2) is 16.7. The fourth-order valence-electron chi connectivity index (χ4n) is 8.08. The lowest BCUT2D eigenvalue weighted by Gasteiger charge is -2.49. The van der Waals surface area contributed by atoms with Crippen molar-refractivity contribution in [2.24, 2.45) is 29.6 Å². The molecule has 0 aromatic heterocycles. The number of hydrogen-bond donors (Lipinski definition) is 4. The highest BCUT2D eigenvalue weighted by Gasteiger charge is 2.51. The molecule has 0 aromatic rings. The lowest BCUT2D eigenvalue weighted by molar-refractivity contribution is -0.317. The van der Waals surface area contributed by atoms with Gasteiger partial charge in [0, 0.05) is 37.3 Å². The summed E-state index contributed by atoms with van der Waals surface area (Å²) in [5.41, 5.74) is -1.79. The quantitative estimate of drug-likeness (QED) is 0.237. The molecule has 4 N–H and O–H groups in total. The van der Waals surface area contributed by atoms with Gasteiger partial charge in [0.1, 0.15) is 18.3 Å². The zero-order valence-electron chi connectivity index (χ0n) is 32.2. The first-order valence-electron chi connectivity index (χ1n) is 18.0. The Labute approximate surface area is 294 Å². The Morgan fingerprint density at radius 1 is 0.857 bits per heavy atom. The van der Waals surface area contributed by atoms with Crippen molar-refractivity contribution in [2.75, 3.05) is 21.2 Å². The number of aliphatic hydroxyl groups excluding tert-OH is 3. The normalized spacial score (nSPS) is 49.8. The molecule has 12 nitrogen and oxygen atoms in total. The number of methoxy groups -OCH3 is 1. The van der Waals surface area contributed by atoms with Crippen LogP contribution in [0, 0.1) is 29.6 Å². The molecule has 3 rings (SSSR count). The van der Waals surface area contributed by atoms with E-state index in [-0.39, 0.29) is 36.8 Å². The number of aliphatic hydroxyl groups is 4. The Morgan fingerprint density at radius 2 is 1.47 bits per heavy atom. The van der Waals surface area contributed by atoms with Crippen molar-refractivity contribution in [3.8, 4) is 0 Å². The average Bonchev–Trinajstić information content (AvgIpc) is 3.03. The smallest absolute Gasteiger partial charge is 0.311 e. The summed E-state index contributed by atoms with van der Waals surface area (Å²) in [6.45, 7) is 22.4. The number of esters is 1. The molecule has 0 amide bonds. The van der Waals surface area contributed by atoms with Gasteiger partial charge in [-0.05, 0) is 74.4 Å². The van der Waals surface area contributed by atoms with Gasteiger partial charge in [0.15, 0.2) is 12.6 Å². The molecule has 0 aromatic carbocycles. The summed E-state index contributed by atoms with van der Waals surface area (Å²) in [7, 11) is 5.30. The van der Waals surface area contributed by atoms with Crippen LogP contribution in [0.15, 0.2) is 12.2 Å². The van der Waals surface area contributed by atoms with Gasteiger partial charge in [-0.1, -0.05) is 39.8 Å². The predicted octanol–water partition coefficient (Wildman–Crippen LogP) is 3.27. The van der Waals surface area contributed by atoms with Crippen LogP contribution in [0.5, 0.6) is 0 Å². The minimum absolute atomic E-state index is 0.169. The second-order valence-electron chi connectivity index (χ2n) is 16.1. The first-order valence-corrected chi connectivity index (χ1v) is 18.0. The Morgan fingerprint density at radius 3 is 2.04 bits per heavy atom. The van der Waals surface area contributed by atoms with Crippen molar-refractivity contribution in [2.45, 2.75) is 167 Å². The van der Waals surface area contributed by atoms with Gasteiger partial charge >= 0.3 is 5.97 Å². The standard InChI is InChI=1S/C37H67NO11/c1-18-16-36(10,43)33(49-35-30(40)27(38(12)13)15-19(2)45-35)23(6)31(48-28-17-37(11,44-14)32(41)26(9)46-28)24(7)34(42)47-25(8)22(5)29(39)21(4)20(18)3/h18-19,21-33,35,39-41,43H,3,15-17H2,1-2,4-14H3. The van der Waals surface area contributed by atoms with Crippen molar-refractivity contribution in [3.05, 3.63) is 12.2 Å². The summed E-state index contributed by atoms with van der Waals surface area (Å²) in [5.74, 6) is -3.14. The third-order valence-electron chi connectivity index (χ3n) is 11.8. The molecule has 286 valence electrons. The summed E-state index contributed by atoms with van der Waals surface area (Å²) in [5, 5.41) is 46.1. The summed E-state index contributed by atoms with van der Waals surface area (Å²) >= 11 is 0. The largest absolute Gasteiger partial charge is 0.462 e. The van der Waals surface area contributed by atoms with Gasteiger partial charge < -0.3 is 53.7 Å². The molecule has 18 atom stereocenters. The molecule has 3 aliphatic heterocycles. The number of hydrogen-bond acceptors (Lipinski definition) is 12. The van der Waals surface area contributed by atoms with E-state index in [0.29, 0.717) is 6.42 Å². The Hall–Kier alpha value is -1.19. The highest BCUT2D eigenvalue weighted by Crippen LogP contribution is 2.41. The molecule has 0 radical (unpaired) electrons. The summed E-state index contributed by atoms with van der Waals surface area (Å²) in [4.78, 5) is 15.9. The van der Waals surface area contributed by atoms with E-state index >= 15 is 0 Å². The highest BCUT2D eigenvalue weighted by molar-refractivity contribution is 5.73. The van der Waals surface area contributed by atoms with Gasteiger partial charge in [-0.15, -0.1) is 0 Å². The van der Waals surface area contributed by atoms with E-state index in [2.05, 4.69) is 6.58 Å². The van der Waals surface area contributed by atoms with Crippen LogP contribution < -0.4 is 0 Å². The summed E-state index contributed by atoms with van der Waals surface area (Å²) < 4.78 is 37.4. The number of rotatable bonds is 6. The minimum Gasteiger partial charge on any atom is -0.462 e. The first kappa shape index (κ1) is 42.2. The van der Waals surface area contributed by atoms with Gasteiger partial charge in [0.25, 0.3) is 0 Å². The van der Waals surface area contributed by atoms with Crippen LogP contribution in [0.25, 0.3) is 0 Å². The van der Waals surface area contributed by atoms with E-state index in [1.54, 1.807) is 34.6 Å². The van der Waals surface area contributed by atoms with Crippen LogP contribution in [-0.2, 0) is 33.2 Å². The molecule has 0 saturated carbocycles. The molecule has 0 bridgehead atoms. The van der Waals surface area contributed by atoms with Gasteiger partial charge in [-0.2, -0.15) is 0 Å². The van der Waals surface area contributed by atoms with Crippen LogP contribution in [-0.4, -0.2) is 131 Å². The molecule has 18 unspecified atom stereocenters. The van der Waals surface area contributed by atoms with Crippen LogP contribution in [0.3, 0.4) is 0 Å². The van der Waals surface area contributed by atoms with Gasteiger partial charge in [-0.3, -0.25) is 4.79 Å². The topological polar surface area (TPSA) is 157 Å². The molecule has 49 heavy (non-hydrogen) atoms. The molecule has 3 aliphatic rings. The van der Waals surface area contributed by atoms with E-state index in [9.17, 15) is 25.2 Å². The van der Waals surface area contributed by atoms with Crippen LogP contribution >= 0.6 is 0 Å². The molecule has 3 heterocycles. The van der Waals surface area contributed by atoms with E-state index in [4.69, 9.17) is 28.4 Å². The van der Waals surface area contributed by atoms with Gasteiger partial charge in [-0.25, -0.2) is 0 Å². The fraction of sp³-hybridized carbons (Fsp3) is 0.919. The van der Waals surface area contributed by atoms with Gasteiger partial charge in [0.05, 0.1) is 47.6 Å². The van der Waals surface area contributed by atoms with Crippen LogP contribution in [0.1, 0.15) is 88.5 Å². The third kappa shape index (κ3) is 9.43.